The molecule has 2 unspecified atom stereocenters. The minimum Gasteiger partial charge on any atom is -0.484 e. The van der Waals surface area contributed by atoms with Crippen LogP contribution in [0.25, 0.3) is 0 Å². The molecular weight excluding hydrogens is 318 g/mol. The summed E-state index contributed by atoms with van der Waals surface area (Å²) in [6.07, 6.45) is 1.07. The first-order valence-electron chi connectivity index (χ1n) is 8.93. The van der Waals surface area contributed by atoms with Crippen molar-refractivity contribution in [3.05, 3.63) is 29.8 Å². The summed E-state index contributed by atoms with van der Waals surface area (Å²) in [5.41, 5.74) is 0.532. The zero-order chi connectivity index (χ0) is 17.6. The Balaban J connectivity index is 1.56. The van der Waals surface area contributed by atoms with Gasteiger partial charge in [-0.3, -0.25) is 9.69 Å². The highest BCUT2D eigenvalue weighted by atomic mass is 16.5. The summed E-state index contributed by atoms with van der Waals surface area (Å²) in [4.78, 5) is 16.9. The fourth-order valence-electron chi connectivity index (χ4n) is 3.67. The van der Waals surface area contributed by atoms with Gasteiger partial charge in [0.1, 0.15) is 5.75 Å². The van der Waals surface area contributed by atoms with E-state index in [1.54, 1.807) is 24.3 Å². The molecular formula is C19H25N3O3. The summed E-state index contributed by atoms with van der Waals surface area (Å²) in [6.45, 7) is 7.20. The standard InChI is InChI=1S/C19H25N3O3/c1-2-16-12-22(13-18(16)21-6-8-24-9-7-21)19(23)14-25-17-5-3-4-15(10-17)11-20/h3-5,10,16,18H,2,6-9,12-14H2,1H3. The van der Waals surface area contributed by atoms with Gasteiger partial charge < -0.3 is 14.4 Å². The van der Waals surface area contributed by atoms with E-state index in [-0.39, 0.29) is 12.5 Å². The number of likely N-dealkylation sites (tertiary alicyclic amines) is 1. The number of rotatable bonds is 5. The van der Waals surface area contributed by atoms with Gasteiger partial charge in [0.25, 0.3) is 5.91 Å². The monoisotopic (exact) mass is 343 g/mol. The van der Waals surface area contributed by atoms with Crippen LogP contribution in [0.2, 0.25) is 0 Å². The predicted molar refractivity (Wildman–Crippen MR) is 93.2 cm³/mol. The number of hydrogen-bond acceptors (Lipinski definition) is 5. The van der Waals surface area contributed by atoms with Crippen LogP contribution < -0.4 is 4.74 Å². The van der Waals surface area contributed by atoms with Crippen molar-refractivity contribution in [2.24, 2.45) is 5.92 Å². The van der Waals surface area contributed by atoms with E-state index in [9.17, 15) is 4.79 Å². The quantitative estimate of drug-likeness (QED) is 0.811. The van der Waals surface area contributed by atoms with Crippen molar-refractivity contribution in [1.82, 2.24) is 9.80 Å². The molecule has 2 atom stereocenters. The van der Waals surface area contributed by atoms with Crippen molar-refractivity contribution in [3.63, 3.8) is 0 Å². The van der Waals surface area contributed by atoms with E-state index in [0.29, 0.717) is 23.3 Å². The molecule has 0 saturated carbocycles. The summed E-state index contributed by atoms with van der Waals surface area (Å²) in [5, 5.41) is 8.93. The summed E-state index contributed by atoms with van der Waals surface area (Å²) in [6, 6.07) is 9.39. The first-order valence-corrected chi connectivity index (χ1v) is 8.93. The fourth-order valence-corrected chi connectivity index (χ4v) is 3.67. The van der Waals surface area contributed by atoms with E-state index in [2.05, 4.69) is 17.9 Å². The lowest BCUT2D eigenvalue weighted by Crippen LogP contribution is -2.47. The molecule has 0 N–H and O–H groups in total. The minimum absolute atomic E-state index is 0.0107. The lowest BCUT2D eigenvalue weighted by atomic mass is 9.99. The van der Waals surface area contributed by atoms with Crippen molar-refractivity contribution in [1.29, 1.82) is 5.26 Å². The lowest BCUT2D eigenvalue weighted by molar-refractivity contribution is -0.132. The van der Waals surface area contributed by atoms with E-state index in [1.165, 1.54) is 0 Å². The van der Waals surface area contributed by atoms with Crippen LogP contribution in [0.15, 0.2) is 24.3 Å². The smallest absolute Gasteiger partial charge is 0.260 e. The third-order valence-corrected chi connectivity index (χ3v) is 5.12. The van der Waals surface area contributed by atoms with E-state index < -0.39 is 0 Å². The Morgan fingerprint density at radius 1 is 1.36 bits per heavy atom. The molecule has 0 aliphatic carbocycles. The molecule has 0 spiro atoms. The van der Waals surface area contributed by atoms with Crippen LogP contribution >= 0.6 is 0 Å². The van der Waals surface area contributed by atoms with E-state index in [1.807, 2.05) is 4.90 Å². The van der Waals surface area contributed by atoms with Crippen LogP contribution in [-0.2, 0) is 9.53 Å². The number of amides is 1. The SMILES string of the molecule is CCC1CN(C(=O)COc2cccc(C#N)c2)CC1N1CCOCC1. The maximum Gasteiger partial charge on any atom is 0.260 e. The Hall–Kier alpha value is -2.10. The Kier molecular flexibility index (Phi) is 5.90. The second-order valence-corrected chi connectivity index (χ2v) is 6.61. The van der Waals surface area contributed by atoms with Crippen LogP contribution in [0.1, 0.15) is 18.9 Å². The molecule has 134 valence electrons. The van der Waals surface area contributed by atoms with Gasteiger partial charge in [0.05, 0.1) is 24.8 Å². The summed E-state index contributed by atoms with van der Waals surface area (Å²) in [5.74, 6) is 1.07. The largest absolute Gasteiger partial charge is 0.484 e. The van der Waals surface area contributed by atoms with Gasteiger partial charge in [-0.1, -0.05) is 19.4 Å². The minimum atomic E-state index is 0.0107. The first-order chi connectivity index (χ1) is 12.2. The molecule has 1 aromatic rings. The molecule has 2 fully saturated rings. The fraction of sp³-hybridized carbons (Fsp3) is 0.579. The molecule has 0 radical (unpaired) electrons. The third kappa shape index (κ3) is 4.30. The molecule has 0 bridgehead atoms. The molecule has 6 nitrogen and oxygen atoms in total. The number of nitrogens with zero attached hydrogens (tertiary/aromatic N) is 3. The summed E-state index contributed by atoms with van der Waals surface area (Å²) < 4.78 is 11.0. The molecule has 2 aliphatic heterocycles. The topological polar surface area (TPSA) is 65.8 Å². The zero-order valence-corrected chi connectivity index (χ0v) is 14.7. The Labute approximate surface area is 148 Å². The van der Waals surface area contributed by atoms with Crippen molar-refractivity contribution in [2.75, 3.05) is 46.0 Å². The highest BCUT2D eigenvalue weighted by Gasteiger charge is 2.38. The molecule has 2 aliphatic rings. The number of carbonyl (C=O) groups is 1. The number of benzene rings is 1. The number of nitriles is 1. The normalized spacial score (nSPS) is 24.1. The molecule has 6 heteroatoms. The van der Waals surface area contributed by atoms with Crippen LogP contribution in [0, 0.1) is 17.2 Å². The zero-order valence-electron chi connectivity index (χ0n) is 14.7. The van der Waals surface area contributed by atoms with E-state index in [0.717, 1.165) is 45.8 Å². The first kappa shape index (κ1) is 17.7. The maximum absolute atomic E-state index is 12.6. The van der Waals surface area contributed by atoms with Crippen molar-refractivity contribution >= 4 is 5.91 Å². The van der Waals surface area contributed by atoms with Gasteiger partial charge in [0.2, 0.25) is 0 Å². The number of ether oxygens (including phenoxy) is 2. The maximum atomic E-state index is 12.6. The van der Waals surface area contributed by atoms with Gasteiger partial charge in [-0.05, 0) is 24.1 Å². The van der Waals surface area contributed by atoms with Crippen LogP contribution in [-0.4, -0.2) is 67.7 Å². The van der Waals surface area contributed by atoms with Crippen molar-refractivity contribution in [3.8, 4) is 11.8 Å². The highest BCUT2D eigenvalue weighted by Crippen LogP contribution is 2.26. The Morgan fingerprint density at radius 3 is 2.88 bits per heavy atom. The van der Waals surface area contributed by atoms with Gasteiger partial charge >= 0.3 is 0 Å². The number of hydrogen-bond donors (Lipinski definition) is 0. The second-order valence-electron chi connectivity index (χ2n) is 6.61. The van der Waals surface area contributed by atoms with E-state index >= 15 is 0 Å². The van der Waals surface area contributed by atoms with E-state index in [4.69, 9.17) is 14.7 Å². The van der Waals surface area contributed by atoms with Gasteiger partial charge in [0, 0.05) is 32.2 Å². The second kappa shape index (κ2) is 8.32. The number of carbonyl (C=O) groups excluding carboxylic acids is 1. The highest BCUT2D eigenvalue weighted by molar-refractivity contribution is 5.78. The Bertz CT molecular complexity index is 637. The predicted octanol–water partition coefficient (Wildman–Crippen LogP) is 1.51. The van der Waals surface area contributed by atoms with Gasteiger partial charge in [0.15, 0.2) is 6.61 Å². The molecule has 2 heterocycles. The average Bonchev–Trinajstić information content (AvgIpc) is 3.11. The molecule has 3 rings (SSSR count). The van der Waals surface area contributed by atoms with Crippen molar-refractivity contribution in [2.45, 2.75) is 19.4 Å². The molecule has 1 amide bonds. The van der Waals surface area contributed by atoms with Gasteiger partial charge in [-0.2, -0.15) is 5.26 Å². The van der Waals surface area contributed by atoms with Gasteiger partial charge in [-0.15, -0.1) is 0 Å². The molecule has 2 saturated heterocycles. The van der Waals surface area contributed by atoms with Crippen LogP contribution in [0.4, 0.5) is 0 Å². The van der Waals surface area contributed by atoms with Crippen LogP contribution in [0.5, 0.6) is 5.75 Å². The van der Waals surface area contributed by atoms with Gasteiger partial charge in [-0.25, -0.2) is 0 Å². The average molecular weight is 343 g/mol. The third-order valence-electron chi connectivity index (χ3n) is 5.12. The molecule has 1 aromatic carbocycles. The van der Waals surface area contributed by atoms with Crippen molar-refractivity contribution < 1.29 is 14.3 Å². The lowest BCUT2D eigenvalue weighted by Gasteiger charge is -2.34. The van der Waals surface area contributed by atoms with Crippen LogP contribution in [0.3, 0.4) is 0 Å². The number of morpholine rings is 1. The summed E-state index contributed by atoms with van der Waals surface area (Å²) >= 11 is 0. The molecule has 0 aromatic heterocycles. The molecule has 25 heavy (non-hydrogen) atoms. The Morgan fingerprint density at radius 2 is 2.16 bits per heavy atom. The summed E-state index contributed by atoms with van der Waals surface area (Å²) in [7, 11) is 0.